The fourth-order valence-corrected chi connectivity index (χ4v) is 1.60. The highest BCUT2D eigenvalue weighted by molar-refractivity contribution is 7.09. The number of hydrogen-bond acceptors (Lipinski definition) is 3. The zero-order valence-corrected chi connectivity index (χ0v) is 8.39. The Morgan fingerprint density at radius 1 is 1.69 bits per heavy atom. The van der Waals surface area contributed by atoms with Gasteiger partial charge in [-0.1, -0.05) is 6.07 Å². The molecule has 1 aromatic rings. The van der Waals surface area contributed by atoms with E-state index in [0.29, 0.717) is 13.0 Å². The van der Waals surface area contributed by atoms with Crippen LogP contribution in [0.25, 0.3) is 0 Å². The Balaban J connectivity index is 2.15. The summed E-state index contributed by atoms with van der Waals surface area (Å²) in [5, 5.41) is 2.01. The Labute approximate surface area is 81.7 Å². The normalized spacial score (nSPS) is 9.92. The van der Waals surface area contributed by atoms with Gasteiger partial charge in [0.15, 0.2) is 0 Å². The quantitative estimate of drug-likeness (QED) is 0.734. The van der Waals surface area contributed by atoms with E-state index in [1.165, 1.54) is 4.88 Å². The van der Waals surface area contributed by atoms with E-state index < -0.39 is 0 Å². The molecule has 3 nitrogen and oxygen atoms in total. The number of carbonyl (C=O) groups is 1. The minimum absolute atomic E-state index is 0.0600. The van der Waals surface area contributed by atoms with Crippen LogP contribution in [-0.2, 0) is 16.1 Å². The summed E-state index contributed by atoms with van der Waals surface area (Å²) in [6, 6.07) is 4.01. The van der Waals surface area contributed by atoms with Crippen molar-refractivity contribution in [2.24, 2.45) is 0 Å². The van der Waals surface area contributed by atoms with Crippen LogP contribution in [0.3, 0.4) is 0 Å². The monoisotopic (exact) mass is 199 g/mol. The van der Waals surface area contributed by atoms with E-state index in [1.54, 1.807) is 11.3 Å². The van der Waals surface area contributed by atoms with E-state index in [9.17, 15) is 4.79 Å². The highest BCUT2D eigenvalue weighted by Crippen LogP contribution is 2.10. The molecule has 0 unspecified atom stereocenters. The maximum absolute atomic E-state index is 11.1. The summed E-state index contributed by atoms with van der Waals surface area (Å²) in [4.78, 5) is 17.1. The van der Waals surface area contributed by atoms with E-state index in [4.69, 9.17) is 4.84 Å². The molecular weight excluding hydrogens is 186 g/mol. The molecule has 13 heavy (non-hydrogen) atoms. The molecule has 4 heteroatoms. The number of rotatable bonds is 5. The van der Waals surface area contributed by atoms with Crippen molar-refractivity contribution in [2.45, 2.75) is 19.8 Å². The summed E-state index contributed by atoms with van der Waals surface area (Å²) in [5.74, 6) is -0.0600. The highest BCUT2D eigenvalue weighted by atomic mass is 32.1. The summed E-state index contributed by atoms with van der Waals surface area (Å²) in [5.41, 5.74) is 2.36. The molecule has 1 amide bonds. The zero-order chi connectivity index (χ0) is 9.52. The van der Waals surface area contributed by atoms with E-state index >= 15 is 0 Å². The van der Waals surface area contributed by atoms with Crippen LogP contribution < -0.4 is 5.48 Å². The van der Waals surface area contributed by atoms with Crippen molar-refractivity contribution >= 4 is 17.2 Å². The predicted octanol–water partition coefficient (Wildman–Crippen LogP) is 1.75. The lowest BCUT2D eigenvalue weighted by Crippen LogP contribution is -2.23. The SMILES string of the molecule is CCONC(=O)CCc1cccs1. The molecule has 0 fully saturated rings. The maximum Gasteiger partial charge on any atom is 0.243 e. The first-order chi connectivity index (χ1) is 6.33. The molecule has 0 radical (unpaired) electrons. The van der Waals surface area contributed by atoms with Gasteiger partial charge < -0.3 is 0 Å². The average molecular weight is 199 g/mol. The topological polar surface area (TPSA) is 38.3 Å². The molecule has 72 valence electrons. The molecule has 1 heterocycles. The van der Waals surface area contributed by atoms with Crippen LogP contribution in [-0.4, -0.2) is 12.5 Å². The van der Waals surface area contributed by atoms with Crippen LogP contribution in [0, 0.1) is 0 Å². The van der Waals surface area contributed by atoms with Crippen LogP contribution in [0.4, 0.5) is 0 Å². The fraction of sp³-hybridized carbons (Fsp3) is 0.444. The van der Waals surface area contributed by atoms with Crippen molar-refractivity contribution < 1.29 is 9.63 Å². The summed E-state index contributed by atoms with van der Waals surface area (Å²) < 4.78 is 0. The third kappa shape index (κ3) is 4.05. The second-order valence-electron chi connectivity index (χ2n) is 2.54. The first-order valence-electron chi connectivity index (χ1n) is 4.26. The molecule has 1 rings (SSSR count). The number of nitrogens with one attached hydrogen (secondary N) is 1. The Morgan fingerprint density at radius 2 is 2.54 bits per heavy atom. The van der Waals surface area contributed by atoms with Crippen molar-refractivity contribution in [1.29, 1.82) is 0 Å². The minimum Gasteiger partial charge on any atom is -0.274 e. The summed E-state index contributed by atoms with van der Waals surface area (Å²) >= 11 is 1.67. The predicted molar refractivity (Wildman–Crippen MR) is 52.4 cm³/mol. The molecule has 0 saturated heterocycles. The van der Waals surface area contributed by atoms with E-state index in [1.807, 2.05) is 24.4 Å². The van der Waals surface area contributed by atoms with Crippen LogP contribution in [0.1, 0.15) is 18.2 Å². The van der Waals surface area contributed by atoms with Crippen molar-refractivity contribution in [1.82, 2.24) is 5.48 Å². The minimum atomic E-state index is -0.0600. The lowest BCUT2D eigenvalue weighted by molar-refractivity contribution is -0.133. The first kappa shape index (κ1) is 10.2. The van der Waals surface area contributed by atoms with Crippen molar-refractivity contribution in [3.8, 4) is 0 Å². The number of aryl methyl sites for hydroxylation is 1. The molecular formula is C9H13NO2S. The van der Waals surface area contributed by atoms with Gasteiger partial charge in [0.1, 0.15) is 0 Å². The van der Waals surface area contributed by atoms with Crippen LogP contribution in [0.5, 0.6) is 0 Å². The highest BCUT2D eigenvalue weighted by Gasteiger charge is 2.01. The molecule has 0 saturated carbocycles. The number of hydrogen-bond donors (Lipinski definition) is 1. The van der Waals surface area contributed by atoms with Gasteiger partial charge in [-0.05, 0) is 24.8 Å². The van der Waals surface area contributed by atoms with Crippen LogP contribution >= 0.6 is 11.3 Å². The van der Waals surface area contributed by atoms with E-state index in [2.05, 4.69) is 5.48 Å². The molecule has 0 aliphatic rings. The third-order valence-corrected chi connectivity index (χ3v) is 2.45. The Morgan fingerprint density at radius 3 is 3.15 bits per heavy atom. The molecule has 0 aliphatic heterocycles. The molecule has 0 atom stereocenters. The van der Waals surface area contributed by atoms with Gasteiger partial charge >= 0.3 is 0 Å². The van der Waals surface area contributed by atoms with Gasteiger partial charge in [-0.3, -0.25) is 9.63 Å². The summed E-state index contributed by atoms with van der Waals surface area (Å²) in [6.45, 7) is 2.34. The number of thiophene rings is 1. The molecule has 0 bridgehead atoms. The molecule has 1 aromatic heterocycles. The molecule has 0 aliphatic carbocycles. The average Bonchev–Trinajstić information content (AvgIpc) is 2.64. The Kier molecular flexibility index (Phi) is 4.49. The van der Waals surface area contributed by atoms with E-state index in [0.717, 1.165) is 6.42 Å². The summed E-state index contributed by atoms with van der Waals surface area (Å²) in [7, 11) is 0. The maximum atomic E-state index is 11.1. The molecule has 1 N–H and O–H groups in total. The smallest absolute Gasteiger partial charge is 0.243 e. The van der Waals surface area contributed by atoms with Gasteiger partial charge in [0.05, 0.1) is 6.61 Å². The lowest BCUT2D eigenvalue weighted by Gasteiger charge is -2.01. The van der Waals surface area contributed by atoms with Gasteiger partial charge in [-0.15, -0.1) is 11.3 Å². The van der Waals surface area contributed by atoms with Crippen LogP contribution in [0.2, 0.25) is 0 Å². The van der Waals surface area contributed by atoms with Gasteiger partial charge in [-0.2, -0.15) is 0 Å². The molecule has 0 aromatic carbocycles. The zero-order valence-electron chi connectivity index (χ0n) is 7.58. The van der Waals surface area contributed by atoms with Crippen molar-refractivity contribution in [2.75, 3.05) is 6.61 Å². The Bertz CT molecular complexity index is 246. The van der Waals surface area contributed by atoms with Gasteiger partial charge in [0.2, 0.25) is 5.91 Å². The van der Waals surface area contributed by atoms with Gasteiger partial charge in [0.25, 0.3) is 0 Å². The second kappa shape index (κ2) is 5.72. The standard InChI is InChI=1S/C9H13NO2S/c1-2-12-10-9(11)6-5-8-4-3-7-13-8/h3-4,7H,2,5-6H2,1H3,(H,10,11). The second-order valence-corrected chi connectivity index (χ2v) is 3.57. The lowest BCUT2D eigenvalue weighted by atomic mass is 10.2. The van der Waals surface area contributed by atoms with Gasteiger partial charge in [0, 0.05) is 11.3 Å². The van der Waals surface area contributed by atoms with Crippen molar-refractivity contribution in [3.63, 3.8) is 0 Å². The summed E-state index contributed by atoms with van der Waals surface area (Å²) in [6.07, 6.45) is 1.27. The Hall–Kier alpha value is -0.870. The van der Waals surface area contributed by atoms with Crippen molar-refractivity contribution in [3.05, 3.63) is 22.4 Å². The fourth-order valence-electron chi connectivity index (χ4n) is 0.895. The number of amides is 1. The van der Waals surface area contributed by atoms with E-state index in [-0.39, 0.29) is 5.91 Å². The number of carbonyl (C=O) groups excluding carboxylic acids is 1. The first-order valence-corrected chi connectivity index (χ1v) is 5.14. The number of hydroxylamine groups is 1. The third-order valence-electron chi connectivity index (χ3n) is 1.51. The van der Waals surface area contributed by atoms with Crippen LogP contribution in [0.15, 0.2) is 17.5 Å². The largest absolute Gasteiger partial charge is 0.274 e. The van der Waals surface area contributed by atoms with Gasteiger partial charge in [-0.25, -0.2) is 5.48 Å². The molecule has 0 spiro atoms.